The minimum absolute atomic E-state index is 0.135. The summed E-state index contributed by atoms with van der Waals surface area (Å²) in [4.78, 5) is 32.9. The standard InChI is InChI=1S/C38H62N4O4/c1-25(2)12-9-13-26(3)14-10-15-27(4)16-11-19-38(8)20-17-32-30(7)35(28(5)29(6)36(32)46-38)45-37(44)33(42-34(43)18-21-39)22-31-23-40-24-41-31/h23-27,33H,9-22,39H2,1-8H3,(H,40,41)(H,42,43). The third-order valence-corrected chi connectivity index (χ3v) is 10.0. The molecule has 4 unspecified atom stereocenters. The van der Waals surface area contributed by atoms with Crippen LogP contribution in [-0.4, -0.2) is 40.0 Å². The fourth-order valence-corrected chi connectivity index (χ4v) is 6.79. The molecule has 258 valence electrons. The van der Waals surface area contributed by atoms with E-state index in [0.717, 1.165) is 77.1 Å². The van der Waals surface area contributed by atoms with E-state index in [4.69, 9.17) is 15.2 Å². The molecule has 4 atom stereocenters. The number of carbonyl (C=O) groups is 2. The number of imidazole rings is 1. The number of hydrogen-bond acceptors (Lipinski definition) is 6. The highest BCUT2D eigenvalue weighted by atomic mass is 16.5. The third-order valence-electron chi connectivity index (χ3n) is 10.0. The van der Waals surface area contributed by atoms with Gasteiger partial charge in [-0.15, -0.1) is 0 Å². The molecule has 1 aromatic carbocycles. The molecule has 1 amide bonds. The zero-order valence-electron chi connectivity index (χ0n) is 30.0. The van der Waals surface area contributed by atoms with Gasteiger partial charge in [-0.1, -0.05) is 72.6 Å². The Morgan fingerprint density at radius 1 is 1.00 bits per heavy atom. The minimum Gasteiger partial charge on any atom is -0.487 e. The lowest BCUT2D eigenvalue weighted by Gasteiger charge is -2.38. The molecule has 3 rings (SSSR count). The van der Waals surface area contributed by atoms with Gasteiger partial charge in [0.05, 0.1) is 6.33 Å². The Labute approximate surface area is 278 Å². The Bertz CT molecular complexity index is 1260. The SMILES string of the molecule is Cc1c(C)c2c(c(C)c1OC(=O)C(Cc1cnc[nH]1)NC(=O)CCN)CCC(C)(CCCC(C)CCCC(C)CCCC(C)C)O2. The number of rotatable bonds is 19. The first kappa shape index (κ1) is 37.6. The van der Waals surface area contributed by atoms with E-state index in [9.17, 15) is 9.59 Å². The maximum Gasteiger partial charge on any atom is 0.334 e. The van der Waals surface area contributed by atoms with E-state index < -0.39 is 12.0 Å². The molecule has 0 bridgehead atoms. The topological polar surface area (TPSA) is 119 Å². The van der Waals surface area contributed by atoms with Crippen molar-refractivity contribution in [3.63, 3.8) is 0 Å². The molecule has 8 heteroatoms. The van der Waals surface area contributed by atoms with E-state index in [1.165, 1.54) is 44.9 Å². The van der Waals surface area contributed by atoms with Crippen molar-refractivity contribution in [2.45, 2.75) is 151 Å². The van der Waals surface area contributed by atoms with Crippen LogP contribution >= 0.6 is 0 Å². The Kier molecular flexibility index (Phi) is 14.6. The largest absolute Gasteiger partial charge is 0.487 e. The molecule has 8 nitrogen and oxygen atoms in total. The fourth-order valence-electron chi connectivity index (χ4n) is 6.79. The van der Waals surface area contributed by atoms with Gasteiger partial charge in [-0.25, -0.2) is 9.78 Å². The minimum atomic E-state index is -0.866. The number of aromatic nitrogens is 2. The summed E-state index contributed by atoms with van der Waals surface area (Å²) in [7, 11) is 0. The summed E-state index contributed by atoms with van der Waals surface area (Å²) in [6, 6.07) is -0.866. The molecule has 0 aliphatic carbocycles. The molecule has 2 aromatic rings. The van der Waals surface area contributed by atoms with Crippen molar-refractivity contribution in [1.29, 1.82) is 0 Å². The number of nitrogens with zero attached hydrogens (tertiary/aromatic N) is 1. The molecule has 1 aliphatic heterocycles. The lowest BCUT2D eigenvalue weighted by molar-refractivity contribution is -0.139. The Morgan fingerprint density at radius 2 is 1.65 bits per heavy atom. The quantitative estimate of drug-likeness (QED) is 0.107. The summed E-state index contributed by atoms with van der Waals surface area (Å²) in [6.45, 7) is 18.0. The van der Waals surface area contributed by atoms with Gasteiger partial charge in [0, 0.05) is 36.8 Å². The van der Waals surface area contributed by atoms with Gasteiger partial charge in [0.15, 0.2) is 0 Å². The van der Waals surface area contributed by atoms with E-state index in [2.05, 4.69) is 49.9 Å². The number of esters is 1. The van der Waals surface area contributed by atoms with Crippen LogP contribution in [0.5, 0.6) is 11.5 Å². The lowest BCUT2D eigenvalue weighted by atomic mass is 9.83. The molecule has 0 radical (unpaired) electrons. The molecule has 0 saturated heterocycles. The van der Waals surface area contributed by atoms with Crippen LogP contribution in [0.1, 0.15) is 133 Å². The highest BCUT2D eigenvalue weighted by Gasteiger charge is 2.35. The first-order valence-corrected chi connectivity index (χ1v) is 17.8. The molecule has 0 saturated carbocycles. The van der Waals surface area contributed by atoms with Crippen LogP contribution in [0, 0.1) is 38.5 Å². The van der Waals surface area contributed by atoms with Crippen LogP contribution in [0.2, 0.25) is 0 Å². The van der Waals surface area contributed by atoms with Crippen molar-refractivity contribution in [3.05, 3.63) is 40.5 Å². The Balaban J connectivity index is 1.58. The van der Waals surface area contributed by atoms with Crippen molar-refractivity contribution >= 4 is 11.9 Å². The Hall–Kier alpha value is -2.87. The number of nitrogens with one attached hydrogen (secondary N) is 2. The van der Waals surface area contributed by atoms with Gasteiger partial charge in [0.2, 0.25) is 5.91 Å². The maximum atomic E-state index is 13.5. The number of ether oxygens (including phenoxy) is 2. The van der Waals surface area contributed by atoms with Gasteiger partial charge in [-0.05, 0) is 87.8 Å². The number of nitrogens with two attached hydrogens (primary N) is 1. The average molecular weight is 639 g/mol. The van der Waals surface area contributed by atoms with Gasteiger partial charge >= 0.3 is 5.97 Å². The van der Waals surface area contributed by atoms with E-state index in [0.29, 0.717) is 5.75 Å². The number of fused-ring (bicyclic) bond motifs is 1. The van der Waals surface area contributed by atoms with Gasteiger partial charge < -0.3 is 25.5 Å². The summed E-state index contributed by atoms with van der Waals surface area (Å²) < 4.78 is 12.9. The van der Waals surface area contributed by atoms with Crippen LogP contribution < -0.4 is 20.5 Å². The smallest absolute Gasteiger partial charge is 0.334 e. The van der Waals surface area contributed by atoms with Crippen molar-refractivity contribution in [2.75, 3.05) is 6.54 Å². The predicted molar refractivity (Wildman–Crippen MR) is 186 cm³/mol. The lowest BCUT2D eigenvalue weighted by Crippen LogP contribution is -2.45. The summed E-state index contributed by atoms with van der Waals surface area (Å²) >= 11 is 0. The van der Waals surface area contributed by atoms with E-state index >= 15 is 0 Å². The number of benzene rings is 1. The highest BCUT2D eigenvalue weighted by Crippen LogP contribution is 2.45. The average Bonchev–Trinajstić information content (AvgIpc) is 3.51. The molecule has 0 spiro atoms. The van der Waals surface area contributed by atoms with Gasteiger partial charge in [-0.2, -0.15) is 0 Å². The second-order valence-electron chi connectivity index (χ2n) is 14.8. The molecular formula is C38H62N4O4. The van der Waals surface area contributed by atoms with Crippen molar-refractivity contribution in [2.24, 2.45) is 23.5 Å². The summed E-state index contributed by atoms with van der Waals surface area (Å²) in [6.07, 6.45) is 16.9. The number of hydrogen-bond donors (Lipinski definition) is 3. The zero-order chi connectivity index (χ0) is 33.9. The van der Waals surface area contributed by atoms with Crippen LogP contribution in [0.4, 0.5) is 0 Å². The molecule has 1 aliphatic rings. The summed E-state index contributed by atoms with van der Waals surface area (Å²) in [5.74, 6) is 3.08. The first-order chi connectivity index (χ1) is 21.8. The van der Waals surface area contributed by atoms with E-state index in [1.807, 2.05) is 20.8 Å². The van der Waals surface area contributed by atoms with Crippen LogP contribution in [-0.2, 0) is 22.4 Å². The summed E-state index contributed by atoms with van der Waals surface area (Å²) in [5, 5.41) is 2.79. The number of aromatic amines is 1. The van der Waals surface area contributed by atoms with Crippen LogP contribution in [0.25, 0.3) is 0 Å². The number of H-pyrrole nitrogens is 1. The van der Waals surface area contributed by atoms with Gasteiger partial charge in [0.1, 0.15) is 23.1 Å². The van der Waals surface area contributed by atoms with E-state index in [-0.39, 0.29) is 30.9 Å². The molecule has 1 aromatic heterocycles. The normalized spacial score (nSPS) is 18.0. The van der Waals surface area contributed by atoms with Gasteiger partial charge in [0.25, 0.3) is 0 Å². The molecular weight excluding hydrogens is 576 g/mol. The fraction of sp³-hybridized carbons (Fsp3) is 0.711. The highest BCUT2D eigenvalue weighted by molar-refractivity contribution is 5.86. The zero-order valence-corrected chi connectivity index (χ0v) is 30.0. The third kappa shape index (κ3) is 11.1. The second-order valence-corrected chi connectivity index (χ2v) is 14.8. The molecule has 46 heavy (non-hydrogen) atoms. The monoisotopic (exact) mass is 638 g/mol. The van der Waals surface area contributed by atoms with Crippen LogP contribution in [0.3, 0.4) is 0 Å². The maximum absolute atomic E-state index is 13.5. The van der Waals surface area contributed by atoms with E-state index in [1.54, 1.807) is 12.5 Å². The second kappa shape index (κ2) is 17.9. The first-order valence-electron chi connectivity index (χ1n) is 17.8. The summed E-state index contributed by atoms with van der Waals surface area (Å²) in [5.41, 5.74) is 10.0. The van der Waals surface area contributed by atoms with Crippen molar-refractivity contribution in [3.8, 4) is 11.5 Å². The molecule has 0 fully saturated rings. The van der Waals surface area contributed by atoms with Crippen LogP contribution in [0.15, 0.2) is 12.5 Å². The number of carbonyl (C=O) groups excluding carboxylic acids is 2. The predicted octanol–water partition coefficient (Wildman–Crippen LogP) is 7.84. The van der Waals surface area contributed by atoms with Gasteiger partial charge in [-0.3, -0.25) is 4.79 Å². The Morgan fingerprint density at radius 3 is 2.26 bits per heavy atom. The van der Waals surface area contributed by atoms with Crippen molar-refractivity contribution < 1.29 is 19.1 Å². The van der Waals surface area contributed by atoms with Crippen molar-refractivity contribution in [1.82, 2.24) is 15.3 Å². The number of amides is 1. The molecule has 4 N–H and O–H groups in total. The molecule has 2 heterocycles.